The molecule has 0 radical (unpaired) electrons. The van der Waals surface area contributed by atoms with Gasteiger partial charge >= 0.3 is 0 Å². The number of carbonyl (C=O) groups is 1. The molecule has 136 valence electrons. The number of aromatic nitrogens is 3. The number of carbonyl (C=O) groups excluding carboxylic acids is 1. The van der Waals surface area contributed by atoms with Crippen LogP contribution in [-0.2, 0) is 6.54 Å². The zero-order valence-corrected chi connectivity index (χ0v) is 15.3. The molecule has 6 nitrogen and oxygen atoms in total. The van der Waals surface area contributed by atoms with Crippen molar-refractivity contribution < 1.29 is 9.32 Å². The second kappa shape index (κ2) is 7.99. The van der Waals surface area contributed by atoms with E-state index in [1.165, 1.54) is 0 Å². The molecule has 0 saturated carbocycles. The predicted molar refractivity (Wildman–Crippen MR) is 98.8 cm³/mol. The summed E-state index contributed by atoms with van der Waals surface area (Å²) < 4.78 is 7.29. The number of rotatable bonds is 7. The maximum Gasteiger partial charge on any atom is 0.290 e. The molecule has 0 spiro atoms. The van der Waals surface area contributed by atoms with Gasteiger partial charge in [0.1, 0.15) is 5.82 Å². The van der Waals surface area contributed by atoms with Gasteiger partial charge in [0, 0.05) is 25.0 Å². The highest BCUT2D eigenvalue weighted by molar-refractivity contribution is 5.91. The largest absolute Gasteiger partial charge is 0.351 e. The van der Waals surface area contributed by atoms with Gasteiger partial charge in [-0.3, -0.25) is 4.79 Å². The first kappa shape index (κ1) is 17.9. The molecule has 1 N–H and O–H groups in total. The fourth-order valence-corrected chi connectivity index (χ4v) is 2.81. The highest BCUT2D eigenvalue weighted by Gasteiger charge is 2.20. The minimum Gasteiger partial charge on any atom is -0.351 e. The monoisotopic (exact) mass is 352 g/mol. The van der Waals surface area contributed by atoms with E-state index < -0.39 is 0 Å². The summed E-state index contributed by atoms with van der Waals surface area (Å²) in [5, 5.41) is 7.04. The minimum absolute atomic E-state index is 0.127. The van der Waals surface area contributed by atoms with Crippen molar-refractivity contribution in [3.05, 3.63) is 71.6 Å². The van der Waals surface area contributed by atoms with Crippen LogP contribution < -0.4 is 5.32 Å². The molecule has 2 heterocycles. The average Bonchev–Trinajstić information content (AvgIpc) is 3.28. The smallest absolute Gasteiger partial charge is 0.290 e. The molecule has 1 amide bonds. The summed E-state index contributed by atoms with van der Waals surface area (Å²) in [4.78, 5) is 16.9. The van der Waals surface area contributed by atoms with Gasteiger partial charge in [0.2, 0.25) is 5.76 Å². The summed E-state index contributed by atoms with van der Waals surface area (Å²) in [7, 11) is 0. The Morgan fingerprint density at radius 1 is 1.27 bits per heavy atom. The lowest BCUT2D eigenvalue weighted by molar-refractivity contribution is 0.0896. The number of hydrogen-bond donors (Lipinski definition) is 1. The van der Waals surface area contributed by atoms with Crippen LogP contribution in [-0.4, -0.2) is 20.6 Å². The average molecular weight is 352 g/mol. The van der Waals surface area contributed by atoms with E-state index in [-0.39, 0.29) is 23.6 Å². The second-order valence-electron chi connectivity index (χ2n) is 6.66. The second-order valence-corrected chi connectivity index (χ2v) is 6.66. The maximum atomic E-state index is 12.6. The number of amides is 1. The van der Waals surface area contributed by atoms with Crippen LogP contribution in [0, 0.1) is 6.92 Å². The molecule has 1 atom stereocenters. The molecule has 0 aliphatic heterocycles. The molecule has 2 aromatic heterocycles. The Morgan fingerprint density at radius 2 is 2.04 bits per heavy atom. The Morgan fingerprint density at radius 3 is 2.65 bits per heavy atom. The van der Waals surface area contributed by atoms with E-state index in [1.54, 1.807) is 12.3 Å². The summed E-state index contributed by atoms with van der Waals surface area (Å²) in [6, 6.07) is 11.5. The Kier molecular flexibility index (Phi) is 5.51. The van der Waals surface area contributed by atoms with Gasteiger partial charge in [-0.2, -0.15) is 0 Å². The number of nitrogens with one attached hydrogen (secondary N) is 1. The molecule has 0 aliphatic carbocycles. The van der Waals surface area contributed by atoms with Crippen molar-refractivity contribution in [1.82, 2.24) is 20.0 Å². The molecule has 0 bridgehead atoms. The molecule has 0 saturated heterocycles. The first-order valence-electron chi connectivity index (χ1n) is 8.84. The third kappa shape index (κ3) is 4.20. The van der Waals surface area contributed by atoms with E-state index in [0.29, 0.717) is 0 Å². The molecule has 6 heteroatoms. The number of benzene rings is 1. The summed E-state index contributed by atoms with van der Waals surface area (Å²) >= 11 is 0. The van der Waals surface area contributed by atoms with E-state index in [9.17, 15) is 4.79 Å². The minimum atomic E-state index is -0.249. The van der Waals surface area contributed by atoms with Crippen LogP contribution in [0.5, 0.6) is 0 Å². The SMILES string of the molecule is Cc1nccn1CC[C@@H](NC(=O)c1cc(C(C)C)no1)c1ccccc1. The number of imidazole rings is 1. The number of hydrogen-bond acceptors (Lipinski definition) is 4. The molecule has 0 fully saturated rings. The first-order chi connectivity index (χ1) is 12.5. The first-order valence-corrected chi connectivity index (χ1v) is 8.84. The molecule has 0 aliphatic rings. The van der Waals surface area contributed by atoms with Crippen molar-refractivity contribution in [1.29, 1.82) is 0 Å². The fourth-order valence-electron chi connectivity index (χ4n) is 2.81. The lowest BCUT2D eigenvalue weighted by Crippen LogP contribution is -2.29. The van der Waals surface area contributed by atoms with Crippen LogP contribution >= 0.6 is 0 Å². The molecular weight excluding hydrogens is 328 g/mol. The van der Waals surface area contributed by atoms with Crippen molar-refractivity contribution >= 4 is 5.91 Å². The van der Waals surface area contributed by atoms with Crippen molar-refractivity contribution in [3.63, 3.8) is 0 Å². The normalized spacial score (nSPS) is 12.3. The van der Waals surface area contributed by atoms with E-state index in [0.717, 1.165) is 30.0 Å². The van der Waals surface area contributed by atoms with Gasteiger partial charge < -0.3 is 14.4 Å². The predicted octanol–water partition coefficient (Wildman–Crippen LogP) is 3.86. The van der Waals surface area contributed by atoms with Crippen LogP contribution in [0.4, 0.5) is 0 Å². The lowest BCUT2D eigenvalue weighted by atomic mass is 10.0. The van der Waals surface area contributed by atoms with Gasteiger partial charge in [-0.05, 0) is 24.8 Å². The lowest BCUT2D eigenvalue weighted by Gasteiger charge is -2.19. The van der Waals surface area contributed by atoms with Crippen molar-refractivity contribution in [2.45, 2.75) is 45.7 Å². The standard InChI is InChI=1S/C20H24N4O2/c1-14(2)18-13-19(26-23-18)20(25)22-17(16-7-5-4-6-8-16)9-11-24-12-10-21-15(24)3/h4-8,10,12-14,17H,9,11H2,1-3H3,(H,22,25)/t17-/m1/s1. The van der Waals surface area contributed by atoms with Gasteiger partial charge in [0.25, 0.3) is 5.91 Å². The van der Waals surface area contributed by atoms with Gasteiger partial charge in [0.15, 0.2) is 0 Å². The molecule has 26 heavy (non-hydrogen) atoms. The topological polar surface area (TPSA) is 73.0 Å². The Hall–Kier alpha value is -2.89. The van der Waals surface area contributed by atoms with Crippen molar-refractivity contribution in [2.24, 2.45) is 0 Å². The van der Waals surface area contributed by atoms with E-state index in [2.05, 4.69) is 20.0 Å². The highest BCUT2D eigenvalue weighted by Crippen LogP contribution is 2.20. The third-order valence-corrected chi connectivity index (χ3v) is 4.43. The molecule has 3 aromatic rings. The van der Waals surface area contributed by atoms with E-state index >= 15 is 0 Å². The van der Waals surface area contributed by atoms with Gasteiger partial charge in [-0.15, -0.1) is 0 Å². The summed E-state index contributed by atoms with van der Waals surface area (Å²) in [5.41, 5.74) is 1.84. The Labute approximate surface area is 153 Å². The van der Waals surface area contributed by atoms with Crippen LogP contribution in [0.3, 0.4) is 0 Å². The number of nitrogens with zero attached hydrogens (tertiary/aromatic N) is 3. The van der Waals surface area contributed by atoms with Gasteiger partial charge in [-0.1, -0.05) is 49.3 Å². The van der Waals surface area contributed by atoms with Crippen LogP contribution in [0.2, 0.25) is 0 Å². The number of aryl methyl sites for hydroxylation is 2. The molecule has 0 unspecified atom stereocenters. The maximum absolute atomic E-state index is 12.6. The highest BCUT2D eigenvalue weighted by atomic mass is 16.5. The van der Waals surface area contributed by atoms with Crippen LogP contribution in [0.15, 0.2) is 53.3 Å². The Balaban J connectivity index is 1.74. The molecule has 1 aromatic carbocycles. The zero-order chi connectivity index (χ0) is 18.5. The van der Waals surface area contributed by atoms with Gasteiger partial charge in [0.05, 0.1) is 11.7 Å². The van der Waals surface area contributed by atoms with Gasteiger partial charge in [-0.25, -0.2) is 4.98 Å². The van der Waals surface area contributed by atoms with Crippen molar-refractivity contribution in [2.75, 3.05) is 0 Å². The van der Waals surface area contributed by atoms with Crippen LogP contribution in [0.1, 0.15) is 59.9 Å². The zero-order valence-electron chi connectivity index (χ0n) is 15.3. The Bertz CT molecular complexity index is 852. The summed E-state index contributed by atoms with van der Waals surface area (Å²) in [5.74, 6) is 1.17. The van der Waals surface area contributed by atoms with E-state index in [4.69, 9.17) is 4.52 Å². The molecular formula is C20H24N4O2. The molecule has 3 rings (SSSR count). The third-order valence-electron chi connectivity index (χ3n) is 4.43. The summed E-state index contributed by atoms with van der Waals surface area (Å²) in [6.07, 6.45) is 4.48. The quantitative estimate of drug-likeness (QED) is 0.701. The van der Waals surface area contributed by atoms with Crippen molar-refractivity contribution in [3.8, 4) is 0 Å². The fraction of sp³-hybridized carbons (Fsp3) is 0.350. The van der Waals surface area contributed by atoms with E-state index in [1.807, 2.05) is 57.3 Å². The van der Waals surface area contributed by atoms with Crippen LogP contribution in [0.25, 0.3) is 0 Å². The summed E-state index contributed by atoms with van der Waals surface area (Å²) in [6.45, 7) is 6.76.